The zero-order valence-electron chi connectivity index (χ0n) is 18.0. The molecule has 0 bridgehead atoms. The third-order valence-corrected chi connectivity index (χ3v) is 5.86. The Labute approximate surface area is 180 Å². The molecule has 150 valence electrons. The molecule has 0 radical (unpaired) electrons. The van der Waals surface area contributed by atoms with Crippen LogP contribution in [-0.2, 0) is 39.8 Å². The number of hydrogen-bond donors (Lipinski definition) is 0. The van der Waals surface area contributed by atoms with Gasteiger partial charge in [-0.1, -0.05) is 60.7 Å². The Bertz CT molecular complexity index is 1010. The minimum absolute atomic E-state index is 1.04. The van der Waals surface area contributed by atoms with Crippen molar-refractivity contribution in [1.29, 1.82) is 0 Å². The van der Waals surface area contributed by atoms with Crippen LogP contribution in [0.4, 0.5) is 0 Å². The molecule has 2 heterocycles. The van der Waals surface area contributed by atoms with E-state index < -0.39 is 0 Å². The van der Waals surface area contributed by atoms with Gasteiger partial charge in [0.15, 0.2) is 23.8 Å². The van der Waals surface area contributed by atoms with E-state index in [9.17, 15) is 0 Å². The summed E-state index contributed by atoms with van der Waals surface area (Å²) in [5.41, 5.74) is 8.07. The van der Waals surface area contributed by atoms with Crippen LogP contribution >= 0.6 is 0 Å². The number of aromatic nitrogens is 2. The maximum atomic E-state index is 2.35. The molecule has 0 saturated carbocycles. The van der Waals surface area contributed by atoms with Gasteiger partial charge in [-0.25, -0.2) is 9.13 Å². The molecule has 0 fully saturated rings. The third kappa shape index (κ3) is 5.01. The van der Waals surface area contributed by atoms with E-state index in [1.807, 2.05) is 0 Å². The minimum Gasteiger partial charge on any atom is -0.205 e. The summed E-state index contributed by atoms with van der Waals surface area (Å²) in [7, 11) is 4.28. The molecule has 0 saturated heterocycles. The molecule has 4 rings (SSSR count). The van der Waals surface area contributed by atoms with Gasteiger partial charge in [0.05, 0.1) is 0 Å². The van der Waals surface area contributed by atoms with Crippen molar-refractivity contribution in [3.63, 3.8) is 0 Å². The van der Waals surface area contributed by atoms with Gasteiger partial charge in [0.1, 0.15) is 14.1 Å². The number of nitrogens with zero attached hydrogens (tertiary/aromatic N) is 2. The van der Waals surface area contributed by atoms with Gasteiger partial charge >= 0.3 is 0 Å². The first kappa shape index (κ1) is 20.0. The van der Waals surface area contributed by atoms with E-state index >= 15 is 0 Å². The van der Waals surface area contributed by atoms with Crippen molar-refractivity contribution in [3.8, 4) is 11.1 Å². The molecule has 2 nitrogen and oxygen atoms in total. The van der Waals surface area contributed by atoms with Gasteiger partial charge in [-0.3, -0.25) is 0 Å². The highest BCUT2D eigenvalue weighted by atomic mass is 14.9. The molecule has 0 spiro atoms. The Morgan fingerprint density at radius 3 is 1.30 bits per heavy atom. The second-order valence-corrected chi connectivity index (χ2v) is 8.01. The standard InChI is InChI=1S/C28H30N2/c1-29-19-17-25(21-27(29)15-13-23-9-5-3-6-10-23)26-18-20-30(2)28(22-26)16-14-24-11-7-4-8-12-24/h3-12,17-22H,13-16H2,1-2H3/q+2. The third-order valence-electron chi connectivity index (χ3n) is 5.86. The summed E-state index contributed by atoms with van der Waals surface area (Å²) in [6.07, 6.45) is 8.57. The topological polar surface area (TPSA) is 7.76 Å². The van der Waals surface area contributed by atoms with Crippen molar-refractivity contribution < 1.29 is 9.13 Å². The molecule has 2 heteroatoms. The largest absolute Gasteiger partial charge is 0.205 e. The lowest BCUT2D eigenvalue weighted by molar-refractivity contribution is -0.679. The molecule has 0 unspecified atom stereocenters. The zero-order chi connectivity index (χ0) is 20.8. The van der Waals surface area contributed by atoms with Gasteiger partial charge in [-0.15, -0.1) is 0 Å². The smallest absolute Gasteiger partial charge is 0.182 e. The summed E-state index contributed by atoms with van der Waals surface area (Å²) in [6, 6.07) is 30.6. The Morgan fingerprint density at radius 2 is 0.900 bits per heavy atom. The predicted molar refractivity (Wildman–Crippen MR) is 122 cm³/mol. The van der Waals surface area contributed by atoms with E-state index in [2.05, 4.69) is 121 Å². The monoisotopic (exact) mass is 394 g/mol. The Balaban J connectivity index is 1.53. The van der Waals surface area contributed by atoms with Crippen molar-refractivity contribution in [2.45, 2.75) is 25.7 Å². The summed E-state index contributed by atoms with van der Waals surface area (Å²) in [6.45, 7) is 0. The highest BCUT2D eigenvalue weighted by Crippen LogP contribution is 2.20. The summed E-state index contributed by atoms with van der Waals surface area (Å²) >= 11 is 0. The van der Waals surface area contributed by atoms with Gasteiger partial charge in [0.25, 0.3) is 0 Å². The first-order valence-electron chi connectivity index (χ1n) is 10.7. The Hall–Kier alpha value is -3.26. The van der Waals surface area contributed by atoms with Crippen LogP contribution in [-0.4, -0.2) is 0 Å². The molecule has 0 aliphatic rings. The molecular weight excluding hydrogens is 364 g/mol. The van der Waals surface area contributed by atoms with Crippen LogP contribution in [0.15, 0.2) is 97.3 Å². The second-order valence-electron chi connectivity index (χ2n) is 8.01. The fourth-order valence-corrected chi connectivity index (χ4v) is 3.92. The van der Waals surface area contributed by atoms with Crippen molar-refractivity contribution in [2.75, 3.05) is 0 Å². The number of benzene rings is 2. The maximum absolute atomic E-state index is 2.35. The van der Waals surface area contributed by atoms with Crippen LogP contribution in [0.25, 0.3) is 11.1 Å². The lowest BCUT2D eigenvalue weighted by Crippen LogP contribution is -2.34. The van der Waals surface area contributed by atoms with E-state index in [0.29, 0.717) is 0 Å². The van der Waals surface area contributed by atoms with E-state index in [4.69, 9.17) is 0 Å². The molecular formula is C28H30N2+2. The highest BCUT2D eigenvalue weighted by molar-refractivity contribution is 5.62. The number of pyridine rings is 2. The maximum Gasteiger partial charge on any atom is 0.182 e. The van der Waals surface area contributed by atoms with Crippen molar-refractivity contribution in [1.82, 2.24) is 0 Å². The van der Waals surface area contributed by atoms with E-state index in [1.54, 1.807) is 0 Å². The highest BCUT2D eigenvalue weighted by Gasteiger charge is 2.13. The molecule has 2 aromatic carbocycles. The van der Waals surface area contributed by atoms with Crippen molar-refractivity contribution >= 4 is 0 Å². The molecule has 0 aliphatic heterocycles. The fraction of sp³-hybridized carbons (Fsp3) is 0.214. The van der Waals surface area contributed by atoms with Gasteiger partial charge < -0.3 is 0 Å². The van der Waals surface area contributed by atoms with Crippen LogP contribution in [0.2, 0.25) is 0 Å². The van der Waals surface area contributed by atoms with Crippen LogP contribution in [0.3, 0.4) is 0 Å². The van der Waals surface area contributed by atoms with Crippen LogP contribution in [0.1, 0.15) is 22.5 Å². The molecule has 0 aliphatic carbocycles. The fourth-order valence-electron chi connectivity index (χ4n) is 3.92. The minimum atomic E-state index is 1.04. The number of aryl methyl sites for hydroxylation is 6. The summed E-state index contributed by atoms with van der Waals surface area (Å²) in [5.74, 6) is 0. The molecule has 0 amide bonds. The lowest BCUT2D eigenvalue weighted by Gasteiger charge is -2.07. The summed E-state index contributed by atoms with van der Waals surface area (Å²) in [5, 5.41) is 0. The Kier molecular flexibility index (Phi) is 6.34. The second kappa shape index (κ2) is 9.49. The summed E-state index contributed by atoms with van der Waals surface area (Å²) < 4.78 is 4.48. The van der Waals surface area contributed by atoms with Gasteiger partial charge in [-0.2, -0.15) is 0 Å². The number of rotatable bonds is 7. The van der Waals surface area contributed by atoms with E-state index in [-0.39, 0.29) is 0 Å². The normalized spacial score (nSPS) is 10.9. The number of hydrogen-bond acceptors (Lipinski definition) is 0. The molecule has 30 heavy (non-hydrogen) atoms. The SMILES string of the molecule is C[n+]1ccc(-c2cc[n+](C)c(CCc3ccccc3)c2)cc1CCc1ccccc1. The predicted octanol–water partition coefficient (Wildman–Crippen LogP) is 4.57. The summed E-state index contributed by atoms with van der Waals surface area (Å²) in [4.78, 5) is 0. The van der Waals surface area contributed by atoms with Gasteiger partial charge in [-0.05, 0) is 35.1 Å². The average Bonchev–Trinajstić information content (AvgIpc) is 2.79. The van der Waals surface area contributed by atoms with E-state index in [1.165, 1.54) is 33.6 Å². The molecule has 0 N–H and O–H groups in total. The van der Waals surface area contributed by atoms with E-state index in [0.717, 1.165) is 25.7 Å². The van der Waals surface area contributed by atoms with Gasteiger partial charge in [0.2, 0.25) is 0 Å². The van der Waals surface area contributed by atoms with Crippen molar-refractivity contribution in [3.05, 3.63) is 120 Å². The van der Waals surface area contributed by atoms with Crippen LogP contribution in [0.5, 0.6) is 0 Å². The van der Waals surface area contributed by atoms with Crippen LogP contribution in [0, 0.1) is 0 Å². The average molecular weight is 395 g/mol. The zero-order valence-corrected chi connectivity index (χ0v) is 18.0. The Morgan fingerprint density at radius 1 is 0.500 bits per heavy atom. The molecule has 2 aromatic heterocycles. The molecule has 4 aromatic rings. The van der Waals surface area contributed by atoms with Crippen molar-refractivity contribution in [2.24, 2.45) is 14.1 Å². The first-order chi connectivity index (χ1) is 14.7. The molecule has 0 atom stereocenters. The lowest BCUT2D eigenvalue weighted by atomic mass is 10.0. The van der Waals surface area contributed by atoms with Crippen LogP contribution < -0.4 is 9.13 Å². The quantitative estimate of drug-likeness (QED) is 0.406. The van der Waals surface area contributed by atoms with Gasteiger partial charge in [0, 0.05) is 37.1 Å². The first-order valence-corrected chi connectivity index (χ1v) is 10.7.